The fraction of sp³-hybridized carbons (Fsp3) is 0.111. The minimum Gasteiger partial charge on any atom is -0.504 e. The summed E-state index contributed by atoms with van der Waals surface area (Å²) in [5, 5.41) is 25.5. The normalized spacial score (nSPS) is 9.86. The van der Waals surface area contributed by atoms with Crippen molar-refractivity contribution in [2.45, 2.75) is 6.92 Å². The standard InChI is InChI=1S/C9H8ClNO3/c1-4(12)8(11)5-2-6(10)9(14)7(13)3-5/h2-3,11,13-14H,1H3. The number of hydrogen-bond donors (Lipinski definition) is 3. The molecule has 0 saturated carbocycles. The molecule has 3 N–H and O–H groups in total. The van der Waals surface area contributed by atoms with E-state index in [1.807, 2.05) is 0 Å². The zero-order valence-electron chi connectivity index (χ0n) is 7.34. The fourth-order valence-corrected chi connectivity index (χ4v) is 1.15. The quantitative estimate of drug-likeness (QED) is 0.517. The van der Waals surface area contributed by atoms with Gasteiger partial charge in [-0.05, 0) is 12.1 Å². The van der Waals surface area contributed by atoms with Gasteiger partial charge in [-0.25, -0.2) is 0 Å². The van der Waals surface area contributed by atoms with E-state index in [9.17, 15) is 4.79 Å². The monoisotopic (exact) mass is 213 g/mol. The van der Waals surface area contributed by atoms with Gasteiger partial charge in [0, 0.05) is 12.5 Å². The third-order valence-corrected chi connectivity index (χ3v) is 1.97. The van der Waals surface area contributed by atoms with Crippen LogP contribution in [0.1, 0.15) is 12.5 Å². The molecule has 0 unspecified atom stereocenters. The average Bonchev–Trinajstić information content (AvgIpc) is 2.12. The molecule has 0 aliphatic rings. The number of hydrogen-bond acceptors (Lipinski definition) is 4. The first-order valence-corrected chi connectivity index (χ1v) is 4.12. The summed E-state index contributed by atoms with van der Waals surface area (Å²) in [7, 11) is 0. The first-order chi connectivity index (χ1) is 6.43. The molecule has 4 nitrogen and oxygen atoms in total. The van der Waals surface area contributed by atoms with Gasteiger partial charge in [0.25, 0.3) is 0 Å². The molecule has 74 valence electrons. The number of carbonyl (C=O) groups is 1. The van der Waals surface area contributed by atoms with Crippen molar-refractivity contribution in [3.05, 3.63) is 22.7 Å². The average molecular weight is 214 g/mol. The van der Waals surface area contributed by atoms with Gasteiger partial charge in [0.15, 0.2) is 17.3 Å². The topological polar surface area (TPSA) is 81.4 Å². The number of phenolic OH excluding ortho intramolecular Hbond substituents is 2. The number of rotatable bonds is 2. The largest absolute Gasteiger partial charge is 0.504 e. The molecule has 0 aromatic heterocycles. The van der Waals surface area contributed by atoms with Crippen molar-refractivity contribution < 1.29 is 15.0 Å². The summed E-state index contributed by atoms with van der Waals surface area (Å²) in [6.07, 6.45) is 0. The van der Waals surface area contributed by atoms with Crippen LogP contribution in [0.2, 0.25) is 5.02 Å². The summed E-state index contributed by atoms with van der Waals surface area (Å²) in [6.45, 7) is 1.24. The molecule has 0 amide bonds. The van der Waals surface area contributed by atoms with E-state index in [-0.39, 0.29) is 16.3 Å². The molecule has 0 atom stereocenters. The van der Waals surface area contributed by atoms with Crippen molar-refractivity contribution in [2.75, 3.05) is 0 Å². The zero-order chi connectivity index (χ0) is 10.9. The highest BCUT2D eigenvalue weighted by molar-refractivity contribution is 6.44. The third-order valence-electron chi connectivity index (χ3n) is 1.68. The van der Waals surface area contributed by atoms with Crippen LogP contribution < -0.4 is 0 Å². The Labute approximate surface area is 85.3 Å². The van der Waals surface area contributed by atoms with Crippen LogP contribution in [0.15, 0.2) is 12.1 Å². The maximum atomic E-state index is 10.8. The van der Waals surface area contributed by atoms with Gasteiger partial charge >= 0.3 is 0 Å². The van der Waals surface area contributed by atoms with E-state index in [0.29, 0.717) is 0 Å². The highest BCUT2D eigenvalue weighted by atomic mass is 35.5. The lowest BCUT2D eigenvalue weighted by Crippen LogP contribution is -2.09. The SMILES string of the molecule is CC(=O)C(=N)c1cc(O)c(O)c(Cl)c1. The number of Topliss-reactive ketones (excluding diaryl/α,β-unsaturated/α-hetero) is 1. The number of nitrogens with one attached hydrogen (secondary N) is 1. The predicted octanol–water partition coefficient (Wildman–Crippen LogP) is 1.71. The van der Waals surface area contributed by atoms with E-state index in [1.54, 1.807) is 0 Å². The van der Waals surface area contributed by atoms with Gasteiger partial charge in [-0.1, -0.05) is 11.6 Å². The molecule has 1 aromatic rings. The van der Waals surface area contributed by atoms with E-state index in [1.165, 1.54) is 13.0 Å². The lowest BCUT2D eigenvalue weighted by molar-refractivity contribution is -0.111. The molecule has 0 radical (unpaired) electrons. The van der Waals surface area contributed by atoms with Gasteiger partial charge in [-0.3, -0.25) is 10.2 Å². The summed E-state index contributed by atoms with van der Waals surface area (Å²) in [5.41, 5.74) is -0.0833. The molecule has 1 aromatic carbocycles. The summed E-state index contributed by atoms with van der Waals surface area (Å²) < 4.78 is 0. The Balaban J connectivity index is 3.26. The zero-order valence-corrected chi connectivity index (χ0v) is 8.09. The van der Waals surface area contributed by atoms with E-state index in [2.05, 4.69) is 0 Å². The molecule has 0 heterocycles. The minimum atomic E-state index is -0.452. The van der Waals surface area contributed by atoms with Gasteiger partial charge < -0.3 is 10.2 Å². The minimum absolute atomic E-state index is 0.0917. The van der Waals surface area contributed by atoms with Gasteiger partial charge in [-0.15, -0.1) is 0 Å². The van der Waals surface area contributed by atoms with Crippen LogP contribution in [0.4, 0.5) is 0 Å². The van der Waals surface area contributed by atoms with E-state index in [0.717, 1.165) is 6.07 Å². The Morgan fingerprint density at radius 1 is 1.43 bits per heavy atom. The van der Waals surface area contributed by atoms with Crippen LogP contribution in [0.25, 0.3) is 0 Å². The summed E-state index contributed by atoms with van der Waals surface area (Å²) in [6, 6.07) is 2.37. The summed E-state index contributed by atoms with van der Waals surface area (Å²) in [5.74, 6) is -1.34. The van der Waals surface area contributed by atoms with Crippen molar-refractivity contribution in [1.82, 2.24) is 0 Å². The van der Waals surface area contributed by atoms with Gasteiger partial charge in [0.1, 0.15) is 5.71 Å². The van der Waals surface area contributed by atoms with Gasteiger partial charge in [0.05, 0.1) is 5.02 Å². The van der Waals surface area contributed by atoms with Gasteiger partial charge in [0.2, 0.25) is 0 Å². The van der Waals surface area contributed by atoms with Crippen LogP contribution in [0.3, 0.4) is 0 Å². The van der Waals surface area contributed by atoms with Crippen LogP contribution in [0.5, 0.6) is 11.5 Å². The molecule has 0 aliphatic carbocycles. The lowest BCUT2D eigenvalue weighted by Gasteiger charge is -2.04. The van der Waals surface area contributed by atoms with Gasteiger partial charge in [-0.2, -0.15) is 0 Å². The van der Waals surface area contributed by atoms with Crippen LogP contribution in [0, 0.1) is 5.41 Å². The second kappa shape index (κ2) is 3.67. The van der Waals surface area contributed by atoms with Crippen molar-refractivity contribution >= 4 is 23.1 Å². The number of carbonyl (C=O) groups excluding carboxylic acids is 1. The molecule has 0 fully saturated rings. The third kappa shape index (κ3) is 1.85. The highest BCUT2D eigenvalue weighted by Gasteiger charge is 2.12. The lowest BCUT2D eigenvalue weighted by atomic mass is 10.1. The van der Waals surface area contributed by atoms with E-state index >= 15 is 0 Å². The first kappa shape index (κ1) is 10.5. The van der Waals surface area contributed by atoms with E-state index in [4.69, 9.17) is 27.2 Å². The Bertz CT molecular complexity index is 392. The van der Waals surface area contributed by atoms with Crippen LogP contribution >= 0.6 is 11.6 Å². The first-order valence-electron chi connectivity index (χ1n) is 3.75. The molecule has 0 aliphatic heterocycles. The predicted molar refractivity (Wildman–Crippen MR) is 52.3 cm³/mol. The maximum absolute atomic E-state index is 10.8. The molecule has 0 spiro atoms. The Morgan fingerprint density at radius 3 is 2.43 bits per heavy atom. The maximum Gasteiger partial charge on any atom is 0.177 e. The van der Waals surface area contributed by atoms with E-state index < -0.39 is 17.3 Å². The number of phenols is 2. The second-order valence-electron chi connectivity index (χ2n) is 2.76. The number of aromatic hydroxyl groups is 2. The van der Waals surface area contributed by atoms with Crippen LogP contribution in [-0.4, -0.2) is 21.7 Å². The second-order valence-corrected chi connectivity index (χ2v) is 3.16. The molecule has 14 heavy (non-hydrogen) atoms. The van der Waals surface area contributed by atoms with Crippen molar-refractivity contribution in [2.24, 2.45) is 0 Å². The molecule has 5 heteroatoms. The summed E-state index contributed by atoms with van der Waals surface area (Å²) >= 11 is 5.55. The number of ketones is 1. The summed E-state index contributed by atoms with van der Waals surface area (Å²) in [4.78, 5) is 10.8. The highest BCUT2D eigenvalue weighted by Crippen LogP contribution is 2.34. The number of benzene rings is 1. The molecular formula is C9H8ClNO3. The smallest absolute Gasteiger partial charge is 0.177 e. The van der Waals surface area contributed by atoms with Crippen molar-refractivity contribution in [3.8, 4) is 11.5 Å². The Morgan fingerprint density at radius 2 is 2.00 bits per heavy atom. The fourth-order valence-electron chi connectivity index (χ4n) is 0.932. The number of halogens is 1. The molecule has 1 rings (SSSR count). The molecule has 0 bridgehead atoms. The molecule has 0 saturated heterocycles. The molecular weight excluding hydrogens is 206 g/mol. The van der Waals surface area contributed by atoms with Crippen molar-refractivity contribution in [1.29, 1.82) is 5.41 Å². The van der Waals surface area contributed by atoms with Crippen LogP contribution in [-0.2, 0) is 4.79 Å². The Hall–Kier alpha value is -1.55. The van der Waals surface area contributed by atoms with Crippen molar-refractivity contribution in [3.63, 3.8) is 0 Å². The Kier molecular flexibility index (Phi) is 2.76.